The number of para-hydroxylation sites is 1. The van der Waals surface area contributed by atoms with Crippen molar-refractivity contribution in [3.8, 4) is 0 Å². The van der Waals surface area contributed by atoms with Crippen molar-refractivity contribution in [2.45, 2.75) is 20.4 Å². The number of amides is 1. The molecule has 0 fully saturated rings. The van der Waals surface area contributed by atoms with Gasteiger partial charge in [0, 0.05) is 12.4 Å². The number of carboxylic acid groups (broad SMARTS) is 1. The molecule has 1 aromatic carbocycles. The summed E-state index contributed by atoms with van der Waals surface area (Å²) in [4.78, 5) is 16.8. The zero-order valence-corrected chi connectivity index (χ0v) is 11.0. The maximum absolute atomic E-state index is 11.5. The second kappa shape index (κ2) is 5.52. The molecule has 4 heteroatoms. The van der Waals surface area contributed by atoms with Gasteiger partial charge in [-0.25, -0.2) is 4.79 Å². The molecule has 0 saturated heterocycles. The fourth-order valence-electron chi connectivity index (χ4n) is 2.14. The monoisotopic (exact) mass is 256 g/mol. The molecule has 0 aliphatic heterocycles. The molecule has 19 heavy (non-hydrogen) atoms. The van der Waals surface area contributed by atoms with Gasteiger partial charge in [0.25, 0.3) is 0 Å². The standard InChI is InChI=1S/C15H16N2O2/c1-11-4-3-5-12(2)14(11)17(15(18)19)10-13-6-8-16-9-7-13/h3-9H,10H2,1-2H3,(H,18,19). The Hall–Kier alpha value is -2.36. The Bertz CT molecular complexity index is 562. The highest BCUT2D eigenvalue weighted by Crippen LogP contribution is 2.26. The van der Waals surface area contributed by atoms with Gasteiger partial charge in [0.05, 0.1) is 12.2 Å². The minimum atomic E-state index is -0.950. The summed E-state index contributed by atoms with van der Waals surface area (Å²) in [6.07, 6.45) is 2.38. The third kappa shape index (κ3) is 2.91. The number of benzene rings is 1. The molecule has 1 amide bonds. The van der Waals surface area contributed by atoms with Crippen LogP contribution in [-0.2, 0) is 6.54 Å². The summed E-state index contributed by atoms with van der Waals surface area (Å²) < 4.78 is 0. The number of aryl methyl sites for hydroxylation is 2. The van der Waals surface area contributed by atoms with Crippen LogP contribution in [0.3, 0.4) is 0 Å². The Kier molecular flexibility index (Phi) is 3.80. The van der Waals surface area contributed by atoms with Gasteiger partial charge in [0.15, 0.2) is 0 Å². The molecular formula is C15H16N2O2. The third-order valence-corrected chi connectivity index (χ3v) is 3.03. The Balaban J connectivity index is 2.39. The van der Waals surface area contributed by atoms with E-state index in [0.29, 0.717) is 6.54 Å². The van der Waals surface area contributed by atoms with E-state index in [9.17, 15) is 9.90 Å². The van der Waals surface area contributed by atoms with Crippen LogP contribution in [0.15, 0.2) is 42.7 Å². The first-order valence-corrected chi connectivity index (χ1v) is 6.05. The molecule has 2 aromatic rings. The predicted octanol–water partition coefficient (Wildman–Crippen LogP) is 3.38. The number of nitrogens with zero attached hydrogens (tertiary/aromatic N) is 2. The Morgan fingerprint density at radius 2 is 1.74 bits per heavy atom. The van der Waals surface area contributed by atoms with Crippen molar-refractivity contribution in [1.82, 2.24) is 4.98 Å². The smallest absolute Gasteiger partial charge is 0.412 e. The quantitative estimate of drug-likeness (QED) is 0.915. The molecule has 98 valence electrons. The lowest BCUT2D eigenvalue weighted by molar-refractivity contribution is 0.201. The van der Waals surface area contributed by atoms with Crippen molar-refractivity contribution in [3.05, 3.63) is 59.4 Å². The molecule has 1 N–H and O–H groups in total. The summed E-state index contributed by atoms with van der Waals surface area (Å²) in [5, 5.41) is 9.45. The highest BCUT2D eigenvalue weighted by atomic mass is 16.4. The number of anilines is 1. The van der Waals surface area contributed by atoms with E-state index < -0.39 is 6.09 Å². The van der Waals surface area contributed by atoms with E-state index in [-0.39, 0.29) is 0 Å². The Morgan fingerprint density at radius 1 is 1.16 bits per heavy atom. The van der Waals surface area contributed by atoms with Gasteiger partial charge in [0.1, 0.15) is 0 Å². The largest absolute Gasteiger partial charge is 0.465 e. The van der Waals surface area contributed by atoms with E-state index in [1.807, 2.05) is 44.2 Å². The second-order valence-electron chi connectivity index (χ2n) is 4.46. The van der Waals surface area contributed by atoms with Crippen LogP contribution in [0, 0.1) is 13.8 Å². The lowest BCUT2D eigenvalue weighted by atomic mass is 10.1. The molecule has 0 saturated carbocycles. The first-order chi connectivity index (χ1) is 9.09. The van der Waals surface area contributed by atoms with Gasteiger partial charge in [-0.2, -0.15) is 0 Å². The number of carbonyl (C=O) groups is 1. The minimum Gasteiger partial charge on any atom is -0.465 e. The van der Waals surface area contributed by atoms with Crippen molar-refractivity contribution in [2.75, 3.05) is 4.90 Å². The molecular weight excluding hydrogens is 240 g/mol. The first kappa shape index (κ1) is 13.1. The zero-order valence-electron chi connectivity index (χ0n) is 11.0. The van der Waals surface area contributed by atoms with Crippen LogP contribution in [0.4, 0.5) is 10.5 Å². The van der Waals surface area contributed by atoms with Crippen LogP contribution in [-0.4, -0.2) is 16.2 Å². The van der Waals surface area contributed by atoms with Gasteiger partial charge in [-0.3, -0.25) is 9.88 Å². The second-order valence-corrected chi connectivity index (χ2v) is 4.46. The molecule has 0 bridgehead atoms. The number of rotatable bonds is 3. The van der Waals surface area contributed by atoms with Gasteiger partial charge in [-0.15, -0.1) is 0 Å². The molecule has 4 nitrogen and oxygen atoms in total. The molecule has 1 heterocycles. The van der Waals surface area contributed by atoms with E-state index in [2.05, 4.69) is 4.98 Å². The van der Waals surface area contributed by atoms with E-state index >= 15 is 0 Å². The van der Waals surface area contributed by atoms with E-state index in [1.54, 1.807) is 12.4 Å². The van der Waals surface area contributed by atoms with Gasteiger partial charge in [0.2, 0.25) is 0 Å². The molecule has 0 spiro atoms. The Labute approximate surface area is 112 Å². The van der Waals surface area contributed by atoms with Gasteiger partial charge >= 0.3 is 6.09 Å². The topological polar surface area (TPSA) is 53.4 Å². The predicted molar refractivity (Wildman–Crippen MR) is 74.4 cm³/mol. The van der Waals surface area contributed by atoms with Crippen molar-refractivity contribution in [1.29, 1.82) is 0 Å². The number of pyridine rings is 1. The lowest BCUT2D eigenvalue weighted by Gasteiger charge is -2.23. The zero-order chi connectivity index (χ0) is 13.8. The van der Waals surface area contributed by atoms with Crippen LogP contribution in [0.2, 0.25) is 0 Å². The van der Waals surface area contributed by atoms with Gasteiger partial charge < -0.3 is 5.11 Å². The van der Waals surface area contributed by atoms with Crippen LogP contribution in [0.5, 0.6) is 0 Å². The van der Waals surface area contributed by atoms with Crippen LogP contribution in [0.25, 0.3) is 0 Å². The molecule has 1 aromatic heterocycles. The fraction of sp³-hybridized carbons (Fsp3) is 0.200. The summed E-state index contributed by atoms with van der Waals surface area (Å²) in [7, 11) is 0. The van der Waals surface area contributed by atoms with Crippen LogP contribution < -0.4 is 4.90 Å². The molecule has 2 rings (SSSR count). The lowest BCUT2D eigenvalue weighted by Crippen LogP contribution is -2.30. The van der Waals surface area contributed by atoms with Gasteiger partial charge in [-0.05, 0) is 42.7 Å². The minimum absolute atomic E-state index is 0.323. The summed E-state index contributed by atoms with van der Waals surface area (Å²) >= 11 is 0. The summed E-state index contributed by atoms with van der Waals surface area (Å²) in [6.45, 7) is 4.17. The molecule has 0 aliphatic carbocycles. The Morgan fingerprint density at radius 3 is 2.26 bits per heavy atom. The average molecular weight is 256 g/mol. The molecule has 0 aliphatic rings. The molecule has 0 unspecified atom stereocenters. The number of aromatic nitrogens is 1. The van der Waals surface area contributed by atoms with E-state index in [4.69, 9.17) is 0 Å². The maximum atomic E-state index is 11.5. The summed E-state index contributed by atoms with van der Waals surface area (Å²) in [6, 6.07) is 9.42. The van der Waals surface area contributed by atoms with Gasteiger partial charge in [-0.1, -0.05) is 18.2 Å². The molecule has 0 atom stereocenters. The molecule has 0 radical (unpaired) electrons. The highest BCUT2D eigenvalue weighted by Gasteiger charge is 2.18. The van der Waals surface area contributed by atoms with Crippen LogP contribution in [0.1, 0.15) is 16.7 Å². The van der Waals surface area contributed by atoms with E-state index in [1.165, 1.54) is 4.90 Å². The summed E-state index contributed by atoms with van der Waals surface area (Å²) in [5.74, 6) is 0. The van der Waals surface area contributed by atoms with Crippen LogP contribution >= 0.6 is 0 Å². The van der Waals surface area contributed by atoms with Crippen molar-refractivity contribution in [3.63, 3.8) is 0 Å². The number of hydrogen-bond donors (Lipinski definition) is 1. The third-order valence-electron chi connectivity index (χ3n) is 3.03. The van der Waals surface area contributed by atoms with Crippen molar-refractivity contribution in [2.24, 2.45) is 0 Å². The van der Waals surface area contributed by atoms with Crippen molar-refractivity contribution < 1.29 is 9.90 Å². The summed E-state index contributed by atoms with van der Waals surface area (Å²) in [5.41, 5.74) is 3.58. The maximum Gasteiger partial charge on any atom is 0.412 e. The SMILES string of the molecule is Cc1cccc(C)c1N(Cc1ccncc1)C(=O)O. The highest BCUT2D eigenvalue weighted by molar-refractivity contribution is 5.88. The normalized spacial score (nSPS) is 10.2. The fourth-order valence-corrected chi connectivity index (χ4v) is 2.14. The number of hydrogen-bond acceptors (Lipinski definition) is 2. The first-order valence-electron chi connectivity index (χ1n) is 6.05. The van der Waals surface area contributed by atoms with Crippen molar-refractivity contribution >= 4 is 11.8 Å². The average Bonchev–Trinajstić information content (AvgIpc) is 2.38. The van der Waals surface area contributed by atoms with E-state index in [0.717, 1.165) is 22.4 Å².